The van der Waals surface area contributed by atoms with Gasteiger partial charge in [-0.3, -0.25) is 0 Å². The van der Waals surface area contributed by atoms with Gasteiger partial charge in [-0.25, -0.2) is 0 Å². The predicted molar refractivity (Wildman–Crippen MR) is 119 cm³/mol. The van der Waals surface area contributed by atoms with Gasteiger partial charge in [0.1, 0.15) is 0 Å². The number of hydrogen-bond donors (Lipinski definition) is 1. The van der Waals surface area contributed by atoms with E-state index in [2.05, 4.69) is 34.6 Å². The fourth-order valence-electron chi connectivity index (χ4n) is 8.46. The third-order valence-corrected chi connectivity index (χ3v) is 10.0. The van der Waals surface area contributed by atoms with Crippen LogP contribution in [0.5, 0.6) is 0 Å². The van der Waals surface area contributed by atoms with Crippen molar-refractivity contribution in [1.82, 2.24) is 0 Å². The molecule has 4 aliphatic carbocycles. The maximum atomic E-state index is 10.7. The van der Waals surface area contributed by atoms with Crippen LogP contribution in [0, 0.1) is 52.3 Å². The smallest absolute Gasteiger partial charge is 0.0600 e. The predicted octanol–water partition coefficient (Wildman–Crippen LogP) is 7.47. The largest absolute Gasteiger partial charge is 0.393 e. The Labute approximate surface area is 182 Å². The zero-order chi connectivity index (χ0) is 24.6. The standard InChI is InChI=1S/C27H48O/c1-18(2)7-6-8-19(3)23-11-12-24-22-10-9-20-17-21(28)13-15-26(20,4)25(22)14-16-27(23,24)5/h18-25,28H,6-17H2,1-5H3/t19-,20-,21+,22+,23-,24+,25+,26+,27-/m1/s1/i13D2,17D2,21D. The lowest BCUT2D eigenvalue weighted by atomic mass is 9.44. The Morgan fingerprint density at radius 3 is 2.46 bits per heavy atom. The molecule has 9 atom stereocenters. The molecule has 162 valence electrons. The Balaban J connectivity index is 1.56. The van der Waals surface area contributed by atoms with E-state index in [4.69, 9.17) is 6.85 Å². The van der Waals surface area contributed by atoms with Crippen LogP contribution < -0.4 is 0 Å². The molecule has 0 aliphatic heterocycles. The van der Waals surface area contributed by atoms with Crippen molar-refractivity contribution in [2.75, 3.05) is 0 Å². The highest BCUT2D eigenvalue weighted by Crippen LogP contribution is 2.68. The maximum absolute atomic E-state index is 10.7. The lowest BCUT2D eigenvalue weighted by molar-refractivity contribution is -0.129. The van der Waals surface area contributed by atoms with E-state index in [1.54, 1.807) is 0 Å². The van der Waals surface area contributed by atoms with Gasteiger partial charge >= 0.3 is 0 Å². The van der Waals surface area contributed by atoms with Crippen LogP contribution in [0.4, 0.5) is 0 Å². The SMILES string of the molecule is [2H]C1([2H])C[C@@]2(C)[C@H](CC[C@@H]3[C@@H]2CC[C@]2(C)[C@@H]([C@H](C)CCCC(C)C)CC[C@@H]32)C([2H])([2H])[C@@]1([2H])O. The zero-order valence-electron chi connectivity index (χ0n) is 24.1. The summed E-state index contributed by atoms with van der Waals surface area (Å²) in [6.07, 6.45) is 3.31. The third kappa shape index (κ3) is 3.50. The Bertz CT molecular complexity index is 736. The Hall–Kier alpha value is -0.0400. The molecule has 4 aliphatic rings. The quantitative estimate of drug-likeness (QED) is 0.513. The number of rotatable bonds is 5. The topological polar surface area (TPSA) is 20.2 Å². The summed E-state index contributed by atoms with van der Waals surface area (Å²) < 4.78 is 42.7. The summed E-state index contributed by atoms with van der Waals surface area (Å²) >= 11 is 0. The second-order valence-electron chi connectivity index (χ2n) is 11.9. The molecular formula is C27H48O. The van der Waals surface area contributed by atoms with E-state index in [9.17, 15) is 5.11 Å². The van der Waals surface area contributed by atoms with Crippen molar-refractivity contribution in [3.8, 4) is 0 Å². The molecule has 0 heterocycles. The van der Waals surface area contributed by atoms with Crippen LogP contribution in [0.2, 0.25) is 0 Å². The molecule has 0 amide bonds. The first-order valence-corrected chi connectivity index (χ1v) is 12.3. The van der Waals surface area contributed by atoms with Gasteiger partial charge in [0.2, 0.25) is 0 Å². The van der Waals surface area contributed by atoms with Crippen LogP contribution in [0.3, 0.4) is 0 Å². The minimum absolute atomic E-state index is 0.101. The Morgan fingerprint density at radius 1 is 0.964 bits per heavy atom. The molecule has 0 bridgehead atoms. The fraction of sp³-hybridized carbons (Fsp3) is 1.00. The highest BCUT2D eigenvalue weighted by molar-refractivity contribution is 5.09. The normalized spacial score (nSPS) is 58.2. The summed E-state index contributed by atoms with van der Waals surface area (Å²) in [6, 6.07) is 0. The van der Waals surface area contributed by atoms with Crippen LogP contribution in [0.25, 0.3) is 0 Å². The molecule has 0 unspecified atom stereocenters. The molecular weight excluding hydrogens is 340 g/mol. The highest BCUT2D eigenvalue weighted by atomic mass is 16.3. The van der Waals surface area contributed by atoms with Crippen LogP contribution >= 0.6 is 0 Å². The van der Waals surface area contributed by atoms with Crippen molar-refractivity contribution in [2.45, 2.75) is 118 Å². The average molecular weight is 394 g/mol. The zero-order valence-corrected chi connectivity index (χ0v) is 19.1. The first-order valence-electron chi connectivity index (χ1n) is 14.8. The number of aliphatic hydroxyl groups is 1. The average Bonchev–Trinajstić information content (AvgIpc) is 3.03. The molecule has 4 rings (SSSR count). The van der Waals surface area contributed by atoms with Crippen LogP contribution in [-0.2, 0) is 0 Å². The van der Waals surface area contributed by atoms with Gasteiger partial charge in [0.15, 0.2) is 0 Å². The third-order valence-electron chi connectivity index (χ3n) is 10.0. The summed E-state index contributed by atoms with van der Waals surface area (Å²) in [5, 5.41) is 10.7. The van der Waals surface area contributed by atoms with Gasteiger partial charge in [0, 0.05) is 5.48 Å². The van der Waals surface area contributed by atoms with Crippen molar-refractivity contribution in [1.29, 1.82) is 0 Å². The van der Waals surface area contributed by atoms with E-state index in [1.165, 1.54) is 32.1 Å². The molecule has 1 N–H and O–H groups in total. The van der Waals surface area contributed by atoms with E-state index < -0.39 is 30.2 Å². The second kappa shape index (κ2) is 7.90. The number of hydrogen-bond acceptors (Lipinski definition) is 1. The van der Waals surface area contributed by atoms with Crippen LogP contribution in [-0.4, -0.2) is 11.2 Å². The Kier molecular flexibility index (Phi) is 4.43. The Morgan fingerprint density at radius 2 is 1.71 bits per heavy atom. The fourth-order valence-corrected chi connectivity index (χ4v) is 8.46. The van der Waals surface area contributed by atoms with E-state index in [0.717, 1.165) is 37.0 Å². The minimum Gasteiger partial charge on any atom is -0.393 e. The highest BCUT2D eigenvalue weighted by Gasteiger charge is 2.60. The lowest BCUT2D eigenvalue weighted by Gasteiger charge is -2.61. The van der Waals surface area contributed by atoms with E-state index >= 15 is 0 Å². The first-order chi connectivity index (χ1) is 15.1. The molecule has 4 fully saturated rings. The second-order valence-corrected chi connectivity index (χ2v) is 11.9. The van der Waals surface area contributed by atoms with E-state index in [-0.39, 0.29) is 6.42 Å². The lowest BCUT2D eigenvalue weighted by Crippen LogP contribution is -2.54. The molecule has 0 radical (unpaired) electrons. The van der Waals surface area contributed by atoms with Gasteiger partial charge in [0.25, 0.3) is 0 Å². The van der Waals surface area contributed by atoms with Crippen molar-refractivity contribution >= 4 is 0 Å². The van der Waals surface area contributed by atoms with Gasteiger partial charge in [0.05, 0.1) is 7.45 Å². The molecule has 28 heavy (non-hydrogen) atoms. The first kappa shape index (κ1) is 15.7. The van der Waals surface area contributed by atoms with Gasteiger partial charge in [-0.05, 0) is 110 Å². The molecule has 0 aromatic heterocycles. The minimum atomic E-state index is -2.69. The van der Waals surface area contributed by atoms with Crippen molar-refractivity contribution in [3.05, 3.63) is 0 Å². The molecule has 1 nitrogen and oxygen atoms in total. The maximum Gasteiger partial charge on any atom is 0.0600 e. The van der Waals surface area contributed by atoms with E-state index in [0.29, 0.717) is 29.6 Å². The number of fused-ring (bicyclic) bond motifs is 5. The summed E-state index contributed by atoms with van der Waals surface area (Å²) in [6.45, 7) is 11.7. The van der Waals surface area contributed by atoms with Crippen LogP contribution in [0.1, 0.15) is 118 Å². The summed E-state index contributed by atoms with van der Waals surface area (Å²) in [4.78, 5) is 0. The summed E-state index contributed by atoms with van der Waals surface area (Å²) in [5.41, 5.74) is -0.143. The monoisotopic (exact) mass is 393 g/mol. The summed E-state index contributed by atoms with van der Waals surface area (Å²) in [7, 11) is 0. The van der Waals surface area contributed by atoms with Crippen molar-refractivity contribution < 1.29 is 12.0 Å². The molecule has 1 heteroatoms. The summed E-state index contributed by atoms with van der Waals surface area (Å²) in [5.74, 6) is 3.32. The van der Waals surface area contributed by atoms with Crippen LogP contribution in [0.15, 0.2) is 0 Å². The van der Waals surface area contributed by atoms with E-state index in [1.807, 2.05) is 0 Å². The molecule has 4 saturated carbocycles. The van der Waals surface area contributed by atoms with Crippen molar-refractivity contribution in [3.63, 3.8) is 0 Å². The molecule has 0 aromatic carbocycles. The van der Waals surface area contributed by atoms with Gasteiger partial charge < -0.3 is 5.11 Å². The van der Waals surface area contributed by atoms with Gasteiger partial charge in [-0.15, -0.1) is 0 Å². The van der Waals surface area contributed by atoms with Gasteiger partial charge in [-0.2, -0.15) is 0 Å². The van der Waals surface area contributed by atoms with Gasteiger partial charge in [-0.1, -0.05) is 53.9 Å². The molecule has 0 spiro atoms. The molecule has 0 saturated heterocycles. The molecule has 0 aromatic rings. The van der Waals surface area contributed by atoms with Crippen molar-refractivity contribution in [2.24, 2.45) is 52.3 Å².